The van der Waals surface area contributed by atoms with Gasteiger partial charge in [-0.2, -0.15) is 5.10 Å². The van der Waals surface area contributed by atoms with Crippen LogP contribution in [0.4, 0.5) is 5.00 Å². The lowest BCUT2D eigenvalue weighted by Crippen LogP contribution is -2.15. The number of nitrogens with zero attached hydrogens (tertiary/aromatic N) is 1. The molecule has 11 heteroatoms. The van der Waals surface area contributed by atoms with Crippen LogP contribution in [0.2, 0.25) is 0 Å². The Morgan fingerprint density at radius 1 is 1.35 bits per heavy atom. The second-order valence-corrected chi connectivity index (χ2v) is 6.88. The zero-order valence-electron chi connectivity index (χ0n) is 11.8. The lowest BCUT2D eigenvalue weighted by atomic mass is 10.1. The molecule has 0 bridgehead atoms. The third kappa shape index (κ3) is 3.31. The van der Waals surface area contributed by atoms with Crippen molar-refractivity contribution in [3.63, 3.8) is 0 Å². The van der Waals surface area contributed by atoms with E-state index < -0.39 is 17.8 Å². The van der Waals surface area contributed by atoms with Gasteiger partial charge in [-0.3, -0.25) is 14.7 Å². The first-order chi connectivity index (χ1) is 10.8. The number of nitrogens with one attached hydrogen (secondary N) is 2. The smallest absolute Gasteiger partial charge is 0.341 e. The number of aromatic amines is 1. The number of hydrogen-bond acceptors (Lipinski definition) is 6. The first-order valence-corrected chi connectivity index (χ1v) is 8.40. The quantitative estimate of drug-likeness (QED) is 0.597. The zero-order chi connectivity index (χ0) is 17.3. The zero-order valence-corrected chi connectivity index (χ0v) is 15.8. The number of carbonyl (C=O) groups is 3. The molecule has 0 aromatic carbocycles. The van der Waals surface area contributed by atoms with Gasteiger partial charge in [-0.1, -0.05) is 0 Å². The molecule has 0 aliphatic carbocycles. The van der Waals surface area contributed by atoms with Crippen LogP contribution >= 0.6 is 43.2 Å². The van der Waals surface area contributed by atoms with E-state index in [-0.39, 0.29) is 21.1 Å². The van der Waals surface area contributed by atoms with Crippen molar-refractivity contribution in [2.75, 3.05) is 12.4 Å². The van der Waals surface area contributed by atoms with Crippen LogP contribution in [-0.2, 0) is 4.74 Å². The summed E-state index contributed by atoms with van der Waals surface area (Å²) in [6.45, 7) is 1.56. The largest absolute Gasteiger partial charge is 0.465 e. The molecule has 2 amide bonds. The summed E-state index contributed by atoms with van der Waals surface area (Å²) < 4.78 is 5.62. The number of halogens is 2. The summed E-state index contributed by atoms with van der Waals surface area (Å²) in [6, 6.07) is 0. The van der Waals surface area contributed by atoms with Gasteiger partial charge in [-0.05, 0) is 44.3 Å². The van der Waals surface area contributed by atoms with E-state index in [9.17, 15) is 14.4 Å². The van der Waals surface area contributed by atoms with E-state index in [2.05, 4.69) is 47.4 Å². The first kappa shape index (κ1) is 17.6. The predicted molar refractivity (Wildman–Crippen MR) is 90.9 cm³/mol. The minimum Gasteiger partial charge on any atom is -0.465 e. The highest BCUT2D eigenvalue weighted by atomic mass is 79.9. The summed E-state index contributed by atoms with van der Waals surface area (Å²) in [5.74, 6) is -1.94. The van der Waals surface area contributed by atoms with Crippen LogP contribution in [0.25, 0.3) is 0 Å². The number of primary amides is 1. The summed E-state index contributed by atoms with van der Waals surface area (Å²) in [5.41, 5.74) is 5.81. The maximum Gasteiger partial charge on any atom is 0.341 e. The maximum atomic E-state index is 12.3. The van der Waals surface area contributed by atoms with Gasteiger partial charge in [0.25, 0.3) is 11.8 Å². The minimum absolute atomic E-state index is 0.0827. The molecule has 0 saturated carbocycles. The van der Waals surface area contributed by atoms with E-state index in [4.69, 9.17) is 10.5 Å². The number of thiophene rings is 1. The van der Waals surface area contributed by atoms with E-state index >= 15 is 0 Å². The van der Waals surface area contributed by atoms with Crippen molar-refractivity contribution in [3.8, 4) is 0 Å². The average molecular weight is 466 g/mol. The minimum atomic E-state index is -0.693. The maximum absolute atomic E-state index is 12.3. The molecule has 2 heterocycles. The van der Waals surface area contributed by atoms with Gasteiger partial charge >= 0.3 is 5.97 Å². The number of nitrogens with two attached hydrogens (primary N) is 1. The molecule has 0 aliphatic rings. The lowest BCUT2D eigenvalue weighted by Gasteiger charge is -2.04. The van der Waals surface area contributed by atoms with Crippen molar-refractivity contribution in [2.45, 2.75) is 6.92 Å². The SMILES string of the molecule is COC(=O)c1c(NC(=O)c2n[nH]c(Br)c2Br)sc(C(N)=O)c1C. The van der Waals surface area contributed by atoms with E-state index in [1.54, 1.807) is 6.92 Å². The molecular weight excluding hydrogens is 456 g/mol. The van der Waals surface area contributed by atoms with Crippen LogP contribution in [0.5, 0.6) is 0 Å². The fraction of sp³-hybridized carbons (Fsp3) is 0.167. The standard InChI is InChI=1S/C12H10Br2N4O4S/c1-3-4(12(21)22-2)11(23-7(3)9(15)19)16-10(20)6-5(13)8(14)18-17-6/h1-2H3,(H2,15,19)(H,16,20)(H,17,18). The fourth-order valence-electron chi connectivity index (χ4n) is 1.80. The van der Waals surface area contributed by atoms with Crippen molar-refractivity contribution in [2.24, 2.45) is 5.73 Å². The fourth-order valence-corrected chi connectivity index (χ4v) is 3.48. The normalized spacial score (nSPS) is 10.4. The number of aromatic nitrogens is 2. The van der Waals surface area contributed by atoms with Crippen LogP contribution < -0.4 is 11.1 Å². The van der Waals surface area contributed by atoms with Crippen molar-refractivity contribution in [1.82, 2.24) is 10.2 Å². The Labute approximate surface area is 151 Å². The molecule has 4 N–H and O–H groups in total. The van der Waals surface area contributed by atoms with E-state index in [0.717, 1.165) is 11.3 Å². The number of hydrogen-bond donors (Lipinski definition) is 3. The molecule has 0 saturated heterocycles. The van der Waals surface area contributed by atoms with E-state index in [1.165, 1.54) is 7.11 Å². The van der Waals surface area contributed by atoms with E-state index in [1.807, 2.05) is 0 Å². The Hall–Kier alpha value is -1.72. The number of esters is 1. The molecule has 122 valence electrons. The molecule has 0 fully saturated rings. The van der Waals surface area contributed by atoms with E-state index in [0.29, 0.717) is 14.6 Å². The van der Waals surface area contributed by atoms with Gasteiger partial charge in [0.05, 0.1) is 22.0 Å². The molecule has 0 radical (unpaired) electrons. The second kappa shape index (κ2) is 6.81. The third-order valence-electron chi connectivity index (χ3n) is 2.87. The summed E-state index contributed by atoms with van der Waals surface area (Å²) >= 11 is 7.28. The van der Waals surface area contributed by atoms with Crippen molar-refractivity contribution >= 4 is 66.0 Å². The highest BCUT2D eigenvalue weighted by molar-refractivity contribution is 9.13. The van der Waals surface area contributed by atoms with Crippen LogP contribution in [0.1, 0.15) is 36.1 Å². The summed E-state index contributed by atoms with van der Waals surface area (Å²) in [5, 5.41) is 9.14. The number of ether oxygens (including phenoxy) is 1. The summed E-state index contributed by atoms with van der Waals surface area (Å²) in [4.78, 5) is 35.8. The number of rotatable bonds is 4. The Balaban J connectivity index is 2.44. The molecule has 8 nitrogen and oxygen atoms in total. The van der Waals surface area contributed by atoms with Gasteiger partial charge < -0.3 is 15.8 Å². The van der Waals surface area contributed by atoms with Gasteiger partial charge in [0.1, 0.15) is 9.60 Å². The van der Waals surface area contributed by atoms with Crippen molar-refractivity contribution in [1.29, 1.82) is 0 Å². The average Bonchev–Trinajstić information content (AvgIpc) is 2.99. The highest BCUT2D eigenvalue weighted by Crippen LogP contribution is 2.34. The molecule has 2 aromatic heterocycles. The van der Waals surface area contributed by atoms with Crippen LogP contribution in [0, 0.1) is 6.92 Å². The van der Waals surface area contributed by atoms with Gasteiger partial charge in [0.2, 0.25) is 0 Å². The number of carbonyl (C=O) groups excluding carboxylic acids is 3. The van der Waals surface area contributed by atoms with Crippen molar-refractivity contribution < 1.29 is 19.1 Å². The number of H-pyrrole nitrogens is 1. The third-order valence-corrected chi connectivity index (χ3v) is 5.97. The topological polar surface area (TPSA) is 127 Å². The molecular formula is C12H10Br2N4O4S. The first-order valence-electron chi connectivity index (χ1n) is 6.00. The van der Waals surface area contributed by atoms with Gasteiger partial charge in [-0.15, -0.1) is 11.3 Å². The molecule has 0 aliphatic heterocycles. The number of anilines is 1. The van der Waals surface area contributed by atoms with Gasteiger partial charge in [-0.25, -0.2) is 4.79 Å². The Kier molecular flexibility index (Phi) is 5.22. The summed E-state index contributed by atoms with van der Waals surface area (Å²) in [6.07, 6.45) is 0. The second-order valence-electron chi connectivity index (χ2n) is 4.27. The van der Waals surface area contributed by atoms with Crippen LogP contribution in [0.3, 0.4) is 0 Å². The Bertz CT molecular complexity index is 814. The molecule has 2 aromatic rings. The van der Waals surface area contributed by atoms with Crippen molar-refractivity contribution in [3.05, 3.63) is 30.8 Å². The number of methoxy groups -OCH3 is 1. The number of amides is 2. The van der Waals surface area contributed by atoms with Gasteiger partial charge in [0, 0.05) is 0 Å². The summed E-state index contributed by atoms with van der Waals surface area (Å²) in [7, 11) is 1.20. The van der Waals surface area contributed by atoms with Crippen LogP contribution in [0.15, 0.2) is 9.08 Å². The Morgan fingerprint density at radius 3 is 2.48 bits per heavy atom. The molecule has 0 atom stereocenters. The Morgan fingerprint density at radius 2 is 2.00 bits per heavy atom. The highest BCUT2D eigenvalue weighted by Gasteiger charge is 2.26. The molecule has 0 unspecified atom stereocenters. The molecule has 23 heavy (non-hydrogen) atoms. The lowest BCUT2D eigenvalue weighted by molar-refractivity contribution is 0.0601. The van der Waals surface area contributed by atoms with Gasteiger partial charge in [0.15, 0.2) is 5.69 Å². The molecule has 0 spiro atoms. The monoisotopic (exact) mass is 464 g/mol. The van der Waals surface area contributed by atoms with Crippen LogP contribution in [-0.4, -0.2) is 35.1 Å². The predicted octanol–water partition coefficient (Wildman–Crippen LogP) is 2.44. The molecule has 2 rings (SSSR count).